The molecule has 0 saturated carbocycles. The lowest BCUT2D eigenvalue weighted by atomic mass is 9.82. The number of carbonyl (C=O) groups excluding carboxylic acids is 3. The molecule has 232 valence electrons. The van der Waals surface area contributed by atoms with Gasteiger partial charge in [0.15, 0.2) is 11.5 Å². The first kappa shape index (κ1) is 35.7. The van der Waals surface area contributed by atoms with Crippen molar-refractivity contribution in [3.8, 4) is 11.5 Å². The van der Waals surface area contributed by atoms with Crippen LogP contribution in [0.5, 0.6) is 11.5 Å². The number of hydrogen-bond acceptors (Lipinski definition) is 10. The maximum atomic E-state index is 12.7. The highest BCUT2D eigenvalue weighted by Crippen LogP contribution is 2.36. The van der Waals surface area contributed by atoms with E-state index in [2.05, 4.69) is 0 Å². The molecule has 0 spiro atoms. The Balaban J connectivity index is 3.38. The molecule has 0 aliphatic carbocycles. The molecule has 0 amide bonds. The van der Waals surface area contributed by atoms with Crippen LogP contribution in [0.2, 0.25) is 0 Å². The van der Waals surface area contributed by atoms with Gasteiger partial charge in [-0.05, 0) is 70.6 Å². The molecule has 0 aliphatic heterocycles. The van der Waals surface area contributed by atoms with E-state index in [4.69, 9.17) is 29.4 Å². The molecule has 0 radical (unpaired) electrons. The molecule has 0 aromatic heterocycles. The summed E-state index contributed by atoms with van der Waals surface area (Å²) < 4.78 is 26.9. The minimum Gasteiger partial charge on any atom is -0.480 e. The van der Waals surface area contributed by atoms with Gasteiger partial charge in [-0.15, -0.1) is 0 Å². The predicted octanol–water partition coefficient (Wildman–Crippen LogP) is 6.35. The lowest BCUT2D eigenvalue weighted by Crippen LogP contribution is -2.40. The Bertz CT molecular complexity index is 1040. The SMILES string of the molecule is CCCCCC(=O)OCC(C)C(c1ccc(OC(=O)OC(C)(C)CC)c(OC(=O)OC(C)(C)CC)c1)[C@H](N)C(=O)O. The second-order valence-electron chi connectivity index (χ2n) is 11.3. The van der Waals surface area contributed by atoms with Gasteiger partial charge < -0.3 is 34.5 Å². The quantitative estimate of drug-likeness (QED) is 0.0968. The van der Waals surface area contributed by atoms with Crippen LogP contribution in [0.1, 0.15) is 105 Å². The van der Waals surface area contributed by atoms with Gasteiger partial charge in [0.1, 0.15) is 17.2 Å². The van der Waals surface area contributed by atoms with Gasteiger partial charge in [0, 0.05) is 12.3 Å². The van der Waals surface area contributed by atoms with Crippen molar-refractivity contribution in [3.63, 3.8) is 0 Å². The zero-order chi connectivity index (χ0) is 31.4. The number of nitrogens with two attached hydrogens (primary N) is 1. The summed E-state index contributed by atoms with van der Waals surface area (Å²) in [5, 5.41) is 9.73. The molecule has 3 N–H and O–H groups in total. The van der Waals surface area contributed by atoms with E-state index in [1.54, 1.807) is 34.6 Å². The van der Waals surface area contributed by atoms with Crippen molar-refractivity contribution in [3.05, 3.63) is 23.8 Å². The number of rotatable bonds is 16. The van der Waals surface area contributed by atoms with Gasteiger partial charge in [-0.1, -0.05) is 46.6 Å². The molecule has 0 fully saturated rings. The largest absolute Gasteiger partial charge is 0.514 e. The fraction of sp³-hybridized carbons (Fsp3) is 0.667. The Morgan fingerprint density at radius 1 is 0.878 bits per heavy atom. The third kappa shape index (κ3) is 12.4. The first-order chi connectivity index (χ1) is 19.1. The highest BCUT2D eigenvalue weighted by atomic mass is 16.8. The minimum absolute atomic E-state index is 0.0732. The molecule has 11 heteroatoms. The summed E-state index contributed by atoms with van der Waals surface area (Å²) in [4.78, 5) is 49.3. The maximum absolute atomic E-state index is 12.7. The summed E-state index contributed by atoms with van der Waals surface area (Å²) in [7, 11) is 0. The highest BCUT2D eigenvalue weighted by Gasteiger charge is 2.33. The fourth-order valence-corrected chi connectivity index (χ4v) is 3.68. The Morgan fingerprint density at radius 3 is 1.90 bits per heavy atom. The first-order valence-electron chi connectivity index (χ1n) is 14.1. The number of hydrogen-bond donors (Lipinski definition) is 2. The topological polar surface area (TPSA) is 161 Å². The van der Waals surface area contributed by atoms with E-state index in [-0.39, 0.29) is 30.5 Å². The summed E-state index contributed by atoms with van der Waals surface area (Å²) >= 11 is 0. The number of carboxylic acids is 1. The molecule has 2 unspecified atom stereocenters. The van der Waals surface area contributed by atoms with E-state index >= 15 is 0 Å². The van der Waals surface area contributed by atoms with Crippen molar-refractivity contribution in [1.82, 2.24) is 0 Å². The second-order valence-corrected chi connectivity index (χ2v) is 11.3. The van der Waals surface area contributed by atoms with Gasteiger partial charge in [-0.3, -0.25) is 9.59 Å². The lowest BCUT2D eigenvalue weighted by Gasteiger charge is -2.28. The standard InChI is InChI=1S/C30H47NO10/c1-9-12-13-14-23(32)37-18-19(4)24(25(31)26(33)34)20-15-16-21(38-27(35)40-29(5,6)10-2)22(17-20)39-28(36)41-30(7,8)11-3/h15-17,19,24-25H,9-14,18,31H2,1-8H3,(H,33,34)/t19?,24?,25-/m0/s1. The van der Waals surface area contributed by atoms with Crippen molar-refractivity contribution < 1.29 is 48.0 Å². The van der Waals surface area contributed by atoms with E-state index in [9.17, 15) is 24.3 Å². The van der Waals surface area contributed by atoms with Gasteiger partial charge in [0.2, 0.25) is 0 Å². The fourth-order valence-electron chi connectivity index (χ4n) is 3.68. The van der Waals surface area contributed by atoms with Crippen molar-refractivity contribution in [1.29, 1.82) is 0 Å². The van der Waals surface area contributed by atoms with Crippen molar-refractivity contribution in [2.24, 2.45) is 11.7 Å². The summed E-state index contributed by atoms with van der Waals surface area (Å²) in [5.41, 5.74) is 4.81. The van der Waals surface area contributed by atoms with Crippen LogP contribution in [0, 0.1) is 5.92 Å². The summed E-state index contributed by atoms with van der Waals surface area (Å²) in [6.45, 7) is 14.2. The van der Waals surface area contributed by atoms with E-state index in [1.807, 2.05) is 20.8 Å². The Labute approximate surface area is 243 Å². The molecule has 0 bridgehead atoms. The molecule has 0 heterocycles. The van der Waals surface area contributed by atoms with Crippen LogP contribution in [-0.4, -0.2) is 53.2 Å². The van der Waals surface area contributed by atoms with Crippen LogP contribution >= 0.6 is 0 Å². The Morgan fingerprint density at radius 2 is 1.41 bits per heavy atom. The summed E-state index contributed by atoms with van der Waals surface area (Å²) in [5.74, 6) is -3.38. The van der Waals surface area contributed by atoms with Crippen LogP contribution in [-0.2, 0) is 23.8 Å². The maximum Gasteiger partial charge on any atom is 0.514 e. The molecular formula is C30H47NO10. The molecule has 1 aromatic carbocycles. The summed E-state index contributed by atoms with van der Waals surface area (Å²) in [6.07, 6.45) is 1.80. The van der Waals surface area contributed by atoms with Crippen LogP contribution in [0.15, 0.2) is 18.2 Å². The Hall–Kier alpha value is -3.34. The van der Waals surface area contributed by atoms with Crippen LogP contribution < -0.4 is 15.2 Å². The zero-order valence-electron chi connectivity index (χ0n) is 25.6. The highest BCUT2D eigenvalue weighted by molar-refractivity contribution is 5.75. The molecule has 41 heavy (non-hydrogen) atoms. The molecular weight excluding hydrogens is 534 g/mol. The lowest BCUT2D eigenvalue weighted by molar-refractivity contribution is -0.145. The summed E-state index contributed by atoms with van der Waals surface area (Å²) in [6, 6.07) is 2.84. The average molecular weight is 582 g/mol. The second kappa shape index (κ2) is 16.2. The van der Waals surface area contributed by atoms with Gasteiger partial charge in [-0.2, -0.15) is 0 Å². The number of ether oxygens (including phenoxy) is 5. The van der Waals surface area contributed by atoms with Crippen LogP contribution in [0.25, 0.3) is 0 Å². The smallest absolute Gasteiger partial charge is 0.480 e. The van der Waals surface area contributed by atoms with E-state index in [1.165, 1.54) is 18.2 Å². The molecule has 3 atom stereocenters. The monoisotopic (exact) mass is 581 g/mol. The van der Waals surface area contributed by atoms with E-state index < -0.39 is 47.4 Å². The normalized spacial score (nSPS) is 13.9. The molecule has 0 saturated heterocycles. The Kier molecular flexibility index (Phi) is 14.1. The van der Waals surface area contributed by atoms with E-state index in [0.29, 0.717) is 24.8 Å². The molecule has 0 aliphatic rings. The number of carboxylic acid groups (broad SMARTS) is 1. The van der Waals surface area contributed by atoms with Crippen molar-refractivity contribution >= 4 is 24.2 Å². The van der Waals surface area contributed by atoms with Gasteiger partial charge in [0.25, 0.3) is 0 Å². The predicted molar refractivity (Wildman–Crippen MR) is 152 cm³/mol. The average Bonchev–Trinajstić information content (AvgIpc) is 2.88. The number of benzene rings is 1. The van der Waals surface area contributed by atoms with Crippen molar-refractivity contribution in [2.75, 3.05) is 6.61 Å². The van der Waals surface area contributed by atoms with Gasteiger partial charge in [0.05, 0.1) is 6.61 Å². The third-order valence-corrected chi connectivity index (χ3v) is 6.94. The van der Waals surface area contributed by atoms with Gasteiger partial charge >= 0.3 is 24.2 Å². The first-order valence-corrected chi connectivity index (χ1v) is 14.1. The van der Waals surface area contributed by atoms with E-state index in [0.717, 1.165) is 12.8 Å². The zero-order valence-corrected chi connectivity index (χ0v) is 25.6. The number of unbranched alkanes of at least 4 members (excludes halogenated alkanes) is 2. The van der Waals surface area contributed by atoms with Crippen LogP contribution in [0.3, 0.4) is 0 Å². The third-order valence-electron chi connectivity index (χ3n) is 6.94. The number of aliphatic carboxylic acids is 1. The van der Waals surface area contributed by atoms with Crippen molar-refractivity contribution in [2.45, 2.75) is 117 Å². The van der Waals surface area contributed by atoms with Gasteiger partial charge in [-0.25, -0.2) is 9.59 Å². The molecule has 1 aromatic rings. The number of esters is 1. The molecule has 11 nitrogen and oxygen atoms in total. The molecule has 1 rings (SSSR count). The number of carbonyl (C=O) groups is 4. The minimum atomic E-state index is -1.38. The van der Waals surface area contributed by atoms with Crippen LogP contribution in [0.4, 0.5) is 9.59 Å².